The fraction of sp³-hybridized carbons (Fsp3) is 0.950. The highest BCUT2D eigenvalue weighted by Gasteiger charge is 2.26. The van der Waals surface area contributed by atoms with Crippen molar-refractivity contribution in [3.8, 4) is 0 Å². The molecule has 0 saturated heterocycles. The molecule has 0 amide bonds. The number of hydrogen-bond donors (Lipinski definition) is 3. The number of unbranched alkanes of at least 4 members (excludes halogenated alkanes) is 10. The van der Waals surface area contributed by atoms with E-state index in [4.69, 9.17) is 11.5 Å². The Kier molecular flexibility index (Phi) is 20.8. The third kappa shape index (κ3) is 15.9. The van der Waals surface area contributed by atoms with Crippen LogP contribution >= 0.6 is 12.4 Å². The lowest BCUT2D eigenvalue weighted by Gasteiger charge is -2.30. The first-order valence-electron chi connectivity index (χ1n) is 10.5. The Morgan fingerprint density at radius 2 is 1.19 bits per heavy atom. The van der Waals surface area contributed by atoms with Crippen molar-refractivity contribution in [3.05, 3.63) is 0 Å². The topological polar surface area (TPSA) is 92.6 Å². The summed E-state index contributed by atoms with van der Waals surface area (Å²) in [5.74, 6) is -0.794. The predicted molar refractivity (Wildman–Crippen MR) is 114 cm³/mol. The number of carboxylic acids is 1. The summed E-state index contributed by atoms with van der Waals surface area (Å²) in [5, 5.41) is 9.59. The van der Waals surface area contributed by atoms with E-state index in [2.05, 4.69) is 18.7 Å². The third-order valence-electron chi connectivity index (χ3n) is 4.82. The molecule has 0 aliphatic rings. The zero-order valence-corrected chi connectivity index (χ0v) is 17.9. The first-order valence-corrected chi connectivity index (χ1v) is 10.5. The van der Waals surface area contributed by atoms with Gasteiger partial charge in [-0.15, -0.1) is 12.4 Å². The fourth-order valence-electron chi connectivity index (χ4n) is 3.28. The Morgan fingerprint density at radius 3 is 1.54 bits per heavy atom. The summed E-state index contributed by atoms with van der Waals surface area (Å²) in [6.45, 7) is 6.11. The van der Waals surface area contributed by atoms with E-state index in [0.717, 1.165) is 25.9 Å². The van der Waals surface area contributed by atoms with Crippen molar-refractivity contribution in [2.24, 2.45) is 11.5 Å². The zero-order valence-electron chi connectivity index (χ0n) is 17.1. The largest absolute Gasteiger partial charge is 0.480 e. The van der Waals surface area contributed by atoms with Crippen molar-refractivity contribution in [2.75, 3.05) is 13.1 Å². The molecular formula is C20H44ClN3O2. The molecule has 0 rings (SSSR count). The predicted octanol–water partition coefficient (Wildman–Crippen LogP) is 4.52. The van der Waals surface area contributed by atoms with Crippen LogP contribution in [-0.2, 0) is 4.79 Å². The van der Waals surface area contributed by atoms with Crippen molar-refractivity contribution < 1.29 is 9.90 Å². The highest BCUT2D eigenvalue weighted by atomic mass is 35.5. The molecule has 0 aromatic heterocycles. The number of carbonyl (C=O) groups is 1. The van der Waals surface area contributed by atoms with Crippen LogP contribution in [-0.4, -0.2) is 41.3 Å². The van der Waals surface area contributed by atoms with Gasteiger partial charge in [0, 0.05) is 6.42 Å². The van der Waals surface area contributed by atoms with E-state index in [0.29, 0.717) is 6.42 Å². The van der Waals surface area contributed by atoms with Crippen molar-refractivity contribution >= 4 is 18.4 Å². The molecule has 5 nitrogen and oxygen atoms in total. The standard InChI is InChI=1S/C20H43N3O2.ClH/c1-3-5-7-9-11-13-15-23(16-14-12-10-8-6-4-2)18(20(24)25)17-19(21)22;/h18-19H,3-17,21-22H2,1-2H3,(H,24,25);1H. The van der Waals surface area contributed by atoms with Crippen molar-refractivity contribution in [2.45, 2.75) is 110 Å². The minimum absolute atomic E-state index is 0. The molecule has 6 heteroatoms. The molecule has 0 spiro atoms. The van der Waals surface area contributed by atoms with E-state index in [1.807, 2.05) is 0 Å². The number of halogens is 1. The van der Waals surface area contributed by atoms with Gasteiger partial charge in [-0.1, -0.05) is 78.1 Å². The Bertz CT molecular complexity index is 301. The van der Waals surface area contributed by atoms with Gasteiger partial charge in [0.1, 0.15) is 6.04 Å². The lowest BCUT2D eigenvalue weighted by Crippen LogP contribution is -2.47. The lowest BCUT2D eigenvalue weighted by molar-refractivity contribution is -0.143. The summed E-state index contributed by atoms with van der Waals surface area (Å²) in [6.07, 6.45) is 14.3. The number of carboxylic acid groups (broad SMARTS) is 1. The highest BCUT2D eigenvalue weighted by Crippen LogP contribution is 2.13. The second-order valence-electron chi connectivity index (χ2n) is 7.33. The van der Waals surface area contributed by atoms with Crippen LogP contribution in [0.15, 0.2) is 0 Å². The Balaban J connectivity index is 0. The fourth-order valence-corrected chi connectivity index (χ4v) is 3.28. The molecule has 1 unspecified atom stereocenters. The molecule has 1 atom stereocenters. The van der Waals surface area contributed by atoms with Crippen LogP contribution in [0.2, 0.25) is 0 Å². The van der Waals surface area contributed by atoms with E-state index in [1.165, 1.54) is 64.2 Å². The molecule has 0 aliphatic heterocycles. The number of nitrogens with zero attached hydrogens (tertiary/aromatic N) is 1. The van der Waals surface area contributed by atoms with E-state index >= 15 is 0 Å². The van der Waals surface area contributed by atoms with Gasteiger partial charge in [-0.05, 0) is 25.9 Å². The SMILES string of the molecule is CCCCCCCCN(CCCCCCCC)C(CC(N)N)C(=O)O.Cl. The van der Waals surface area contributed by atoms with Crippen LogP contribution < -0.4 is 11.5 Å². The highest BCUT2D eigenvalue weighted by molar-refractivity contribution is 5.85. The first-order chi connectivity index (χ1) is 12.0. The van der Waals surface area contributed by atoms with Gasteiger partial charge < -0.3 is 16.6 Å². The van der Waals surface area contributed by atoms with Crippen molar-refractivity contribution in [1.82, 2.24) is 4.90 Å². The second-order valence-corrected chi connectivity index (χ2v) is 7.33. The summed E-state index contributed by atoms with van der Waals surface area (Å²) in [7, 11) is 0. The van der Waals surface area contributed by atoms with E-state index in [1.54, 1.807) is 0 Å². The molecule has 5 N–H and O–H groups in total. The van der Waals surface area contributed by atoms with Gasteiger partial charge >= 0.3 is 5.97 Å². The Morgan fingerprint density at radius 1 is 0.808 bits per heavy atom. The molecular weight excluding hydrogens is 350 g/mol. The average Bonchev–Trinajstić information content (AvgIpc) is 2.56. The molecule has 0 aromatic rings. The number of hydrogen-bond acceptors (Lipinski definition) is 4. The van der Waals surface area contributed by atoms with E-state index in [9.17, 15) is 9.90 Å². The van der Waals surface area contributed by atoms with Crippen molar-refractivity contribution in [1.29, 1.82) is 0 Å². The van der Waals surface area contributed by atoms with Gasteiger partial charge in [0.05, 0.1) is 6.17 Å². The molecule has 0 fully saturated rings. The maximum atomic E-state index is 11.7. The normalized spacial score (nSPS) is 12.4. The molecule has 0 aromatic carbocycles. The van der Waals surface area contributed by atoms with Gasteiger partial charge in [0.25, 0.3) is 0 Å². The van der Waals surface area contributed by atoms with Gasteiger partial charge in [0.15, 0.2) is 0 Å². The van der Waals surface area contributed by atoms with Crippen LogP contribution in [0.3, 0.4) is 0 Å². The molecule has 0 radical (unpaired) electrons. The molecule has 158 valence electrons. The molecule has 26 heavy (non-hydrogen) atoms. The Hall–Kier alpha value is -0.360. The third-order valence-corrected chi connectivity index (χ3v) is 4.82. The summed E-state index contributed by atoms with van der Waals surface area (Å²) in [5.41, 5.74) is 11.4. The quantitative estimate of drug-likeness (QED) is 0.235. The second kappa shape index (κ2) is 19.4. The molecule has 0 aliphatic carbocycles. The lowest BCUT2D eigenvalue weighted by atomic mass is 10.1. The molecule has 0 bridgehead atoms. The number of nitrogens with two attached hydrogens (primary N) is 2. The minimum atomic E-state index is -0.794. The van der Waals surface area contributed by atoms with Crippen LogP contribution in [0.4, 0.5) is 0 Å². The van der Waals surface area contributed by atoms with Crippen LogP contribution in [0.5, 0.6) is 0 Å². The number of rotatable bonds is 18. The van der Waals surface area contributed by atoms with Gasteiger partial charge in [-0.2, -0.15) is 0 Å². The van der Waals surface area contributed by atoms with Crippen LogP contribution in [0.1, 0.15) is 97.3 Å². The maximum absolute atomic E-state index is 11.7. The van der Waals surface area contributed by atoms with Crippen LogP contribution in [0.25, 0.3) is 0 Å². The molecule has 0 heterocycles. The summed E-state index contributed by atoms with van der Waals surface area (Å²) in [4.78, 5) is 13.8. The van der Waals surface area contributed by atoms with Gasteiger partial charge in [-0.25, -0.2) is 0 Å². The summed E-state index contributed by atoms with van der Waals surface area (Å²) in [6, 6.07) is -0.550. The van der Waals surface area contributed by atoms with Crippen LogP contribution in [0, 0.1) is 0 Å². The monoisotopic (exact) mass is 393 g/mol. The smallest absolute Gasteiger partial charge is 0.321 e. The maximum Gasteiger partial charge on any atom is 0.321 e. The average molecular weight is 394 g/mol. The van der Waals surface area contributed by atoms with Gasteiger partial charge in [0.2, 0.25) is 0 Å². The van der Waals surface area contributed by atoms with Crippen molar-refractivity contribution in [3.63, 3.8) is 0 Å². The minimum Gasteiger partial charge on any atom is -0.480 e. The number of aliphatic carboxylic acids is 1. The molecule has 0 saturated carbocycles. The Labute approximate surface area is 167 Å². The summed E-state index contributed by atoms with van der Waals surface area (Å²) >= 11 is 0. The van der Waals surface area contributed by atoms with E-state index in [-0.39, 0.29) is 12.4 Å². The zero-order chi connectivity index (χ0) is 18.9. The van der Waals surface area contributed by atoms with E-state index < -0.39 is 18.2 Å². The van der Waals surface area contributed by atoms with Gasteiger partial charge in [-0.3, -0.25) is 9.69 Å². The summed E-state index contributed by atoms with van der Waals surface area (Å²) < 4.78 is 0. The first kappa shape index (κ1) is 27.9.